The van der Waals surface area contributed by atoms with Crippen molar-refractivity contribution in [2.75, 3.05) is 19.6 Å². The molecule has 0 aromatic carbocycles. The van der Waals surface area contributed by atoms with Crippen LogP contribution in [0.4, 0.5) is 4.79 Å². The maximum atomic E-state index is 12.1. The van der Waals surface area contributed by atoms with E-state index in [4.69, 9.17) is 4.74 Å². The predicted octanol–water partition coefficient (Wildman–Crippen LogP) is 3.17. The fraction of sp³-hybridized carbons (Fsp3) is 0.933. The summed E-state index contributed by atoms with van der Waals surface area (Å²) in [6, 6.07) is 0.655. The summed E-state index contributed by atoms with van der Waals surface area (Å²) in [4.78, 5) is 13.9. The molecule has 0 unspecified atom stereocenters. The summed E-state index contributed by atoms with van der Waals surface area (Å²) in [7, 11) is 0. The van der Waals surface area contributed by atoms with Crippen LogP contribution in [0, 0.1) is 0 Å². The summed E-state index contributed by atoms with van der Waals surface area (Å²) < 4.78 is 5.43. The maximum absolute atomic E-state index is 12.1. The Balaban J connectivity index is 2.32. The largest absolute Gasteiger partial charge is 0.444 e. The Morgan fingerprint density at radius 1 is 1.26 bits per heavy atom. The molecule has 0 aliphatic heterocycles. The van der Waals surface area contributed by atoms with Gasteiger partial charge in [-0.1, -0.05) is 19.8 Å². The number of ether oxygens (including phenoxy) is 1. The van der Waals surface area contributed by atoms with E-state index in [2.05, 4.69) is 12.2 Å². The zero-order valence-corrected chi connectivity index (χ0v) is 13.0. The molecule has 0 bridgehead atoms. The van der Waals surface area contributed by atoms with Crippen LogP contribution in [0.15, 0.2) is 0 Å². The molecular formula is C15H30N2O2. The molecule has 0 atom stereocenters. The molecular weight excluding hydrogens is 240 g/mol. The van der Waals surface area contributed by atoms with Gasteiger partial charge in [-0.25, -0.2) is 4.79 Å². The minimum atomic E-state index is -0.415. The van der Waals surface area contributed by atoms with Crippen LogP contribution >= 0.6 is 0 Å². The first-order valence-electron chi connectivity index (χ1n) is 7.63. The van der Waals surface area contributed by atoms with Gasteiger partial charge in [-0.05, 0) is 40.0 Å². The molecule has 0 radical (unpaired) electrons. The summed E-state index contributed by atoms with van der Waals surface area (Å²) in [5.41, 5.74) is -0.415. The molecule has 4 heteroatoms. The van der Waals surface area contributed by atoms with E-state index in [1.165, 1.54) is 25.7 Å². The van der Waals surface area contributed by atoms with Crippen LogP contribution in [0.25, 0.3) is 0 Å². The SMILES string of the molecule is CCCN(CCNC1CCCC1)C(=O)OC(C)(C)C. The van der Waals surface area contributed by atoms with E-state index in [0.29, 0.717) is 6.04 Å². The second-order valence-corrected chi connectivity index (χ2v) is 6.40. The van der Waals surface area contributed by atoms with E-state index in [0.717, 1.165) is 26.1 Å². The van der Waals surface area contributed by atoms with Crippen molar-refractivity contribution in [2.45, 2.75) is 71.4 Å². The van der Waals surface area contributed by atoms with Crippen molar-refractivity contribution >= 4 is 6.09 Å². The highest BCUT2D eigenvalue weighted by atomic mass is 16.6. The second-order valence-electron chi connectivity index (χ2n) is 6.40. The Kier molecular flexibility index (Phi) is 6.63. The van der Waals surface area contributed by atoms with Crippen LogP contribution < -0.4 is 5.32 Å². The highest BCUT2D eigenvalue weighted by molar-refractivity contribution is 5.68. The van der Waals surface area contributed by atoms with Gasteiger partial charge in [0.25, 0.3) is 0 Å². The van der Waals surface area contributed by atoms with Gasteiger partial charge in [0.15, 0.2) is 0 Å². The van der Waals surface area contributed by atoms with Crippen LogP contribution in [-0.4, -0.2) is 42.3 Å². The topological polar surface area (TPSA) is 41.6 Å². The van der Waals surface area contributed by atoms with Crippen molar-refractivity contribution in [1.82, 2.24) is 10.2 Å². The number of rotatable bonds is 6. The van der Waals surface area contributed by atoms with Gasteiger partial charge < -0.3 is 15.0 Å². The number of hydrogen-bond acceptors (Lipinski definition) is 3. The number of nitrogens with one attached hydrogen (secondary N) is 1. The molecule has 1 aliphatic carbocycles. The molecule has 1 rings (SSSR count). The number of amides is 1. The summed E-state index contributed by atoms with van der Waals surface area (Å²) in [5.74, 6) is 0. The lowest BCUT2D eigenvalue weighted by molar-refractivity contribution is 0.0250. The van der Waals surface area contributed by atoms with Crippen molar-refractivity contribution in [3.05, 3.63) is 0 Å². The highest BCUT2D eigenvalue weighted by Gasteiger charge is 2.21. The summed E-state index contributed by atoms with van der Waals surface area (Å²) >= 11 is 0. The van der Waals surface area contributed by atoms with Gasteiger partial charge in [0.05, 0.1) is 0 Å². The monoisotopic (exact) mass is 270 g/mol. The quantitative estimate of drug-likeness (QED) is 0.806. The van der Waals surface area contributed by atoms with Crippen molar-refractivity contribution in [2.24, 2.45) is 0 Å². The molecule has 1 N–H and O–H groups in total. The summed E-state index contributed by atoms with van der Waals surface area (Å²) in [6.07, 6.45) is 6.00. The Bertz CT molecular complexity index is 268. The smallest absolute Gasteiger partial charge is 0.410 e. The molecule has 0 spiro atoms. The molecule has 0 aromatic rings. The zero-order valence-electron chi connectivity index (χ0n) is 13.0. The standard InChI is InChI=1S/C15H30N2O2/c1-5-11-17(14(18)19-15(2,3)4)12-10-16-13-8-6-7-9-13/h13,16H,5-12H2,1-4H3. The Hall–Kier alpha value is -0.770. The predicted molar refractivity (Wildman–Crippen MR) is 78.4 cm³/mol. The lowest BCUT2D eigenvalue weighted by atomic mass is 10.2. The minimum absolute atomic E-state index is 0.192. The molecule has 0 heterocycles. The van der Waals surface area contributed by atoms with Gasteiger partial charge in [0.2, 0.25) is 0 Å². The average Bonchev–Trinajstić information content (AvgIpc) is 2.78. The third-order valence-corrected chi connectivity index (χ3v) is 3.32. The third kappa shape index (κ3) is 6.81. The van der Waals surface area contributed by atoms with E-state index in [1.54, 1.807) is 0 Å². The molecule has 1 saturated carbocycles. The molecule has 0 saturated heterocycles. The van der Waals surface area contributed by atoms with Gasteiger partial charge in [-0.15, -0.1) is 0 Å². The Morgan fingerprint density at radius 2 is 1.89 bits per heavy atom. The van der Waals surface area contributed by atoms with Crippen molar-refractivity contribution in [3.8, 4) is 0 Å². The van der Waals surface area contributed by atoms with Gasteiger partial charge in [-0.3, -0.25) is 0 Å². The minimum Gasteiger partial charge on any atom is -0.444 e. The summed E-state index contributed by atoms with van der Waals surface area (Å²) in [6.45, 7) is 10.2. The van der Waals surface area contributed by atoms with Gasteiger partial charge >= 0.3 is 6.09 Å². The van der Waals surface area contributed by atoms with Crippen molar-refractivity contribution in [1.29, 1.82) is 0 Å². The van der Waals surface area contributed by atoms with E-state index in [9.17, 15) is 4.79 Å². The van der Waals surface area contributed by atoms with Crippen LogP contribution in [0.2, 0.25) is 0 Å². The van der Waals surface area contributed by atoms with E-state index >= 15 is 0 Å². The van der Waals surface area contributed by atoms with Crippen LogP contribution in [0.3, 0.4) is 0 Å². The fourth-order valence-electron chi connectivity index (χ4n) is 2.42. The Morgan fingerprint density at radius 3 is 2.42 bits per heavy atom. The molecule has 4 nitrogen and oxygen atoms in total. The Labute approximate surface area is 117 Å². The van der Waals surface area contributed by atoms with Crippen LogP contribution in [0.5, 0.6) is 0 Å². The van der Waals surface area contributed by atoms with Crippen molar-refractivity contribution < 1.29 is 9.53 Å². The molecule has 1 aliphatic rings. The first-order valence-corrected chi connectivity index (χ1v) is 7.63. The highest BCUT2D eigenvalue weighted by Crippen LogP contribution is 2.17. The number of carbonyl (C=O) groups is 1. The second kappa shape index (κ2) is 7.73. The molecule has 112 valence electrons. The maximum Gasteiger partial charge on any atom is 0.410 e. The third-order valence-electron chi connectivity index (χ3n) is 3.32. The molecule has 0 aromatic heterocycles. The van der Waals surface area contributed by atoms with Gasteiger partial charge in [0.1, 0.15) is 5.60 Å². The number of nitrogens with zero attached hydrogens (tertiary/aromatic N) is 1. The van der Waals surface area contributed by atoms with Crippen LogP contribution in [-0.2, 0) is 4.74 Å². The van der Waals surface area contributed by atoms with E-state index in [-0.39, 0.29) is 6.09 Å². The van der Waals surface area contributed by atoms with Gasteiger partial charge in [0, 0.05) is 25.7 Å². The molecule has 19 heavy (non-hydrogen) atoms. The molecule has 1 amide bonds. The van der Waals surface area contributed by atoms with Gasteiger partial charge in [-0.2, -0.15) is 0 Å². The fourth-order valence-corrected chi connectivity index (χ4v) is 2.42. The first kappa shape index (κ1) is 16.3. The first-order chi connectivity index (χ1) is 8.92. The van der Waals surface area contributed by atoms with E-state index in [1.807, 2.05) is 25.7 Å². The van der Waals surface area contributed by atoms with Crippen LogP contribution in [0.1, 0.15) is 59.8 Å². The number of hydrogen-bond donors (Lipinski definition) is 1. The number of carbonyl (C=O) groups excluding carboxylic acids is 1. The van der Waals surface area contributed by atoms with E-state index < -0.39 is 5.60 Å². The summed E-state index contributed by atoms with van der Waals surface area (Å²) in [5, 5.41) is 3.54. The molecule has 1 fully saturated rings. The van der Waals surface area contributed by atoms with Crippen molar-refractivity contribution in [3.63, 3.8) is 0 Å². The lowest BCUT2D eigenvalue weighted by Gasteiger charge is -2.27. The normalized spacial score (nSPS) is 16.6. The lowest BCUT2D eigenvalue weighted by Crippen LogP contribution is -2.42. The zero-order chi connectivity index (χ0) is 14.3. The average molecular weight is 270 g/mol.